The highest BCUT2D eigenvalue weighted by Gasteiger charge is 2.29. The molecule has 0 bridgehead atoms. The van der Waals surface area contributed by atoms with Crippen LogP contribution in [0.5, 0.6) is 0 Å². The molecule has 2 amide bonds. The molecule has 1 aromatic heterocycles. The molecule has 1 saturated carbocycles. The number of hydrogen-bond donors (Lipinski definition) is 0. The number of carbonyl (C=O) groups excluding carboxylic acids is 2. The molecule has 2 aromatic rings. The van der Waals surface area contributed by atoms with E-state index >= 15 is 0 Å². The smallest absolute Gasteiger partial charge is 0.227 e. The number of piperazine rings is 1. The van der Waals surface area contributed by atoms with Crippen LogP contribution in [-0.2, 0) is 23.1 Å². The molecule has 27 heavy (non-hydrogen) atoms. The number of fused-ring (bicyclic) bond motifs is 1. The maximum atomic E-state index is 12.8. The zero-order valence-corrected chi connectivity index (χ0v) is 16.2. The molecule has 1 aliphatic carbocycles. The van der Waals surface area contributed by atoms with Crippen LogP contribution < -0.4 is 0 Å². The van der Waals surface area contributed by atoms with Gasteiger partial charge in [-0.05, 0) is 24.5 Å². The van der Waals surface area contributed by atoms with Crippen molar-refractivity contribution in [1.82, 2.24) is 14.4 Å². The summed E-state index contributed by atoms with van der Waals surface area (Å²) in [5.41, 5.74) is 2.24. The van der Waals surface area contributed by atoms with Crippen molar-refractivity contribution < 1.29 is 9.59 Å². The number of benzene rings is 1. The first kappa shape index (κ1) is 18.1. The highest BCUT2D eigenvalue weighted by Crippen LogP contribution is 2.26. The molecule has 4 rings (SSSR count). The van der Waals surface area contributed by atoms with Gasteiger partial charge in [0.05, 0.1) is 6.42 Å². The van der Waals surface area contributed by atoms with E-state index in [0.29, 0.717) is 38.5 Å². The fourth-order valence-electron chi connectivity index (χ4n) is 4.63. The lowest BCUT2D eigenvalue weighted by atomic mass is 9.88. The zero-order chi connectivity index (χ0) is 18.8. The highest BCUT2D eigenvalue weighted by molar-refractivity contribution is 5.89. The maximum Gasteiger partial charge on any atom is 0.227 e. The molecule has 1 saturated heterocycles. The van der Waals surface area contributed by atoms with Crippen LogP contribution in [0.1, 0.15) is 37.7 Å². The van der Waals surface area contributed by atoms with Crippen molar-refractivity contribution in [2.45, 2.75) is 38.5 Å². The Labute approximate surface area is 160 Å². The van der Waals surface area contributed by atoms with Crippen LogP contribution in [0.3, 0.4) is 0 Å². The van der Waals surface area contributed by atoms with Crippen LogP contribution >= 0.6 is 0 Å². The van der Waals surface area contributed by atoms with Gasteiger partial charge in [0.25, 0.3) is 0 Å². The standard InChI is InChI=1S/C22H29N3O2/c1-23-16-18(19-9-5-6-10-20(19)23)15-21(26)24-11-13-25(14-12-24)22(27)17-7-3-2-4-8-17/h5-6,9-10,16-17H,2-4,7-8,11-15H2,1H3. The van der Waals surface area contributed by atoms with Crippen molar-refractivity contribution in [2.75, 3.05) is 26.2 Å². The van der Waals surface area contributed by atoms with Gasteiger partial charge in [-0.25, -0.2) is 0 Å². The first-order valence-electron chi connectivity index (χ1n) is 10.2. The third-order valence-corrected chi connectivity index (χ3v) is 6.22. The number of nitrogens with zero attached hydrogens (tertiary/aromatic N) is 3. The number of aromatic nitrogens is 1. The lowest BCUT2D eigenvalue weighted by Crippen LogP contribution is -2.52. The third kappa shape index (κ3) is 3.73. The van der Waals surface area contributed by atoms with Crippen molar-refractivity contribution in [2.24, 2.45) is 13.0 Å². The number of rotatable bonds is 3. The number of aryl methyl sites for hydroxylation is 1. The summed E-state index contributed by atoms with van der Waals surface area (Å²) in [5, 5.41) is 1.15. The molecule has 2 heterocycles. The molecule has 2 aliphatic rings. The summed E-state index contributed by atoms with van der Waals surface area (Å²) in [6, 6.07) is 8.21. The minimum absolute atomic E-state index is 0.163. The highest BCUT2D eigenvalue weighted by atomic mass is 16.2. The average Bonchev–Trinajstić information content (AvgIpc) is 3.04. The van der Waals surface area contributed by atoms with Gasteiger partial charge in [-0.15, -0.1) is 0 Å². The molecule has 5 nitrogen and oxygen atoms in total. The lowest BCUT2D eigenvalue weighted by molar-refractivity contribution is -0.142. The summed E-state index contributed by atoms with van der Waals surface area (Å²) >= 11 is 0. The van der Waals surface area contributed by atoms with E-state index in [2.05, 4.69) is 22.9 Å². The molecule has 0 spiro atoms. The van der Waals surface area contributed by atoms with Crippen LogP contribution in [0.2, 0.25) is 0 Å². The number of carbonyl (C=O) groups is 2. The minimum Gasteiger partial charge on any atom is -0.350 e. The van der Waals surface area contributed by atoms with Crippen LogP contribution in [0.25, 0.3) is 10.9 Å². The molecule has 1 aliphatic heterocycles. The Kier molecular flexibility index (Phi) is 5.19. The molecule has 0 atom stereocenters. The lowest BCUT2D eigenvalue weighted by Gasteiger charge is -2.37. The van der Waals surface area contributed by atoms with Crippen molar-refractivity contribution in [3.05, 3.63) is 36.0 Å². The molecular weight excluding hydrogens is 338 g/mol. The normalized spacial score (nSPS) is 18.9. The van der Waals surface area contributed by atoms with Crippen molar-refractivity contribution in [1.29, 1.82) is 0 Å². The summed E-state index contributed by atoms with van der Waals surface area (Å²) in [6.07, 6.45) is 8.20. The minimum atomic E-state index is 0.163. The van der Waals surface area contributed by atoms with Gasteiger partial charge in [0.15, 0.2) is 0 Å². The van der Waals surface area contributed by atoms with Crippen molar-refractivity contribution in [3.63, 3.8) is 0 Å². The first-order chi connectivity index (χ1) is 13.1. The predicted octanol–water partition coefficient (Wildman–Crippen LogP) is 2.97. The quantitative estimate of drug-likeness (QED) is 0.837. The Morgan fingerprint density at radius 1 is 0.963 bits per heavy atom. The summed E-state index contributed by atoms with van der Waals surface area (Å²) in [5.74, 6) is 0.698. The predicted molar refractivity (Wildman–Crippen MR) is 106 cm³/mol. The van der Waals surface area contributed by atoms with E-state index in [1.165, 1.54) is 19.3 Å². The Bertz CT molecular complexity index is 827. The van der Waals surface area contributed by atoms with E-state index < -0.39 is 0 Å². The first-order valence-corrected chi connectivity index (χ1v) is 10.2. The number of para-hydroxylation sites is 1. The summed E-state index contributed by atoms with van der Waals surface area (Å²) in [6.45, 7) is 2.66. The Balaban J connectivity index is 1.35. The zero-order valence-electron chi connectivity index (χ0n) is 16.2. The largest absolute Gasteiger partial charge is 0.350 e. The summed E-state index contributed by atoms with van der Waals surface area (Å²) < 4.78 is 2.08. The Morgan fingerprint density at radius 2 is 1.63 bits per heavy atom. The van der Waals surface area contributed by atoms with Gasteiger partial charge in [0, 0.05) is 56.2 Å². The van der Waals surface area contributed by atoms with Crippen LogP contribution in [0.4, 0.5) is 0 Å². The summed E-state index contributed by atoms with van der Waals surface area (Å²) in [4.78, 5) is 29.4. The van der Waals surface area contributed by atoms with Crippen molar-refractivity contribution >= 4 is 22.7 Å². The maximum absolute atomic E-state index is 12.8. The van der Waals surface area contributed by atoms with Crippen LogP contribution in [-0.4, -0.2) is 52.4 Å². The molecular formula is C22H29N3O2. The summed E-state index contributed by atoms with van der Waals surface area (Å²) in [7, 11) is 2.02. The van der Waals surface area contributed by atoms with Gasteiger partial charge in [-0.1, -0.05) is 37.5 Å². The Morgan fingerprint density at radius 3 is 2.37 bits per heavy atom. The molecule has 1 aromatic carbocycles. The molecule has 144 valence electrons. The second-order valence-electron chi connectivity index (χ2n) is 8.00. The SMILES string of the molecule is Cn1cc(CC(=O)N2CCN(C(=O)C3CCCCC3)CC2)c2ccccc21. The number of hydrogen-bond acceptors (Lipinski definition) is 2. The Hall–Kier alpha value is -2.30. The molecule has 5 heteroatoms. The van der Waals surface area contributed by atoms with E-state index in [1.807, 2.05) is 29.0 Å². The molecule has 0 radical (unpaired) electrons. The van der Waals surface area contributed by atoms with E-state index in [-0.39, 0.29) is 11.8 Å². The van der Waals surface area contributed by atoms with E-state index in [4.69, 9.17) is 0 Å². The molecule has 2 fully saturated rings. The second-order valence-corrected chi connectivity index (χ2v) is 8.00. The van der Waals surface area contributed by atoms with Gasteiger partial charge in [0.1, 0.15) is 0 Å². The third-order valence-electron chi connectivity index (χ3n) is 6.22. The van der Waals surface area contributed by atoms with E-state index in [9.17, 15) is 9.59 Å². The van der Waals surface area contributed by atoms with Crippen LogP contribution in [0, 0.1) is 5.92 Å². The van der Waals surface area contributed by atoms with Crippen molar-refractivity contribution in [3.8, 4) is 0 Å². The molecule has 0 unspecified atom stereocenters. The second kappa shape index (κ2) is 7.75. The fraction of sp³-hybridized carbons (Fsp3) is 0.545. The average molecular weight is 367 g/mol. The number of amides is 2. The molecule has 0 N–H and O–H groups in total. The van der Waals surface area contributed by atoms with Gasteiger partial charge in [-0.3, -0.25) is 9.59 Å². The van der Waals surface area contributed by atoms with Gasteiger partial charge >= 0.3 is 0 Å². The van der Waals surface area contributed by atoms with Gasteiger partial charge < -0.3 is 14.4 Å². The van der Waals surface area contributed by atoms with E-state index in [1.54, 1.807) is 0 Å². The monoisotopic (exact) mass is 367 g/mol. The fourth-order valence-corrected chi connectivity index (χ4v) is 4.63. The van der Waals surface area contributed by atoms with Gasteiger partial charge in [0.2, 0.25) is 11.8 Å². The van der Waals surface area contributed by atoms with Gasteiger partial charge in [-0.2, -0.15) is 0 Å². The topological polar surface area (TPSA) is 45.6 Å². The van der Waals surface area contributed by atoms with E-state index in [0.717, 1.165) is 29.3 Å². The van der Waals surface area contributed by atoms with Crippen LogP contribution in [0.15, 0.2) is 30.5 Å².